The minimum Gasteiger partial charge on any atom is -0.494 e. The normalized spacial score (nSPS) is 11.0. The van der Waals surface area contributed by atoms with Gasteiger partial charge in [-0.15, -0.1) is 11.3 Å². The molecule has 6 nitrogen and oxygen atoms in total. The second-order valence-corrected chi connectivity index (χ2v) is 9.44. The average molecular weight is 490 g/mol. The second-order valence-electron chi connectivity index (χ2n) is 7.19. The fraction of sp³-hybridized carbons (Fsp3) is 0.115. The summed E-state index contributed by atoms with van der Waals surface area (Å²) in [6.45, 7) is 2.53. The van der Waals surface area contributed by atoms with Crippen molar-refractivity contribution in [2.24, 2.45) is 0 Å². The molecule has 0 saturated carbocycles. The molecule has 0 aliphatic carbocycles. The molecule has 4 rings (SSSR count). The van der Waals surface area contributed by atoms with Crippen LogP contribution in [0.3, 0.4) is 0 Å². The van der Waals surface area contributed by atoms with Crippen LogP contribution in [0.1, 0.15) is 12.5 Å². The molecule has 3 aromatic carbocycles. The number of carbonyl (C=O) groups is 2. The number of benzene rings is 3. The van der Waals surface area contributed by atoms with E-state index in [4.69, 9.17) is 4.74 Å². The Morgan fingerprint density at radius 1 is 1.00 bits per heavy atom. The highest BCUT2D eigenvalue weighted by Crippen LogP contribution is 2.31. The topological polar surface area (TPSA) is 80.3 Å². The van der Waals surface area contributed by atoms with E-state index in [9.17, 15) is 9.59 Å². The van der Waals surface area contributed by atoms with Crippen LogP contribution in [0.15, 0.2) is 83.2 Å². The SMILES string of the molecule is CCOc1ccc(NC(=O)CSc2nc3ccc(NC(=O)/C=C/c4ccccc4)cc3s2)cc1. The molecule has 172 valence electrons. The first-order valence-electron chi connectivity index (χ1n) is 10.7. The van der Waals surface area contributed by atoms with Gasteiger partial charge < -0.3 is 15.4 Å². The molecule has 2 N–H and O–H groups in total. The van der Waals surface area contributed by atoms with E-state index < -0.39 is 0 Å². The summed E-state index contributed by atoms with van der Waals surface area (Å²) in [5.41, 5.74) is 3.21. The Morgan fingerprint density at radius 2 is 1.76 bits per heavy atom. The van der Waals surface area contributed by atoms with Crippen molar-refractivity contribution in [3.63, 3.8) is 0 Å². The number of hydrogen-bond acceptors (Lipinski definition) is 6. The number of hydrogen-bond donors (Lipinski definition) is 2. The van der Waals surface area contributed by atoms with Gasteiger partial charge in [0.1, 0.15) is 5.75 Å². The van der Waals surface area contributed by atoms with Gasteiger partial charge in [-0.2, -0.15) is 0 Å². The summed E-state index contributed by atoms with van der Waals surface area (Å²) in [6.07, 6.45) is 3.28. The van der Waals surface area contributed by atoms with Crippen LogP contribution in [0.5, 0.6) is 5.75 Å². The largest absolute Gasteiger partial charge is 0.494 e. The third-order valence-corrected chi connectivity index (χ3v) is 6.80. The number of nitrogens with one attached hydrogen (secondary N) is 2. The first kappa shape index (κ1) is 23.5. The zero-order valence-electron chi connectivity index (χ0n) is 18.5. The lowest BCUT2D eigenvalue weighted by atomic mass is 10.2. The number of fused-ring (bicyclic) bond motifs is 1. The van der Waals surface area contributed by atoms with Gasteiger partial charge in [0.05, 0.1) is 22.6 Å². The van der Waals surface area contributed by atoms with Crippen molar-refractivity contribution in [1.29, 1.82) is 0 Å². The van der Waals surface area contributed by atoms with E-state index in [-0.39, 0.29) is 17.6 Å². The van der Waals surface area contributed by atoms with Crippen LogP contribution in [0.25, 0.3) is 16.3 Å². The van der Waals surface area contributed by atoms with Crippen LogP contribution in [0, 0.1) is 0 Å². The highest BCUT2D eigenvalue weighted by molar-refractivity contribution is 8.01. The fourth-order valence-corrected chi connectivity index (χ4v) is 5.00. The lowest BCUT2D eigenvalue weighted by molar-refractivity contribution is -0.114. The van der Waals surface area contributed by atoms with E-state index in [1.54, 1.807) is 6.08 Å². The molecular formula is C26H23N3O3S2. The van der Waals surface area contributed by atoms with Gasteiger partial charge in [-0.25, -0.2) is 4.98 Å². The predicted molar refractivity (Wildman–Crippen MR) is 141 cm³/mol. The number of rotatable bonds is 9. The second kappa shape index (κ2) is 11.5. The number of nitrogens with zero attached hydrogens (tertiary/aromatic N) is 1. The highest BCUT2D eigenvalue weighted by Gasteiger charge is 2.10. The van der Waals surface area contributed by atoms with Gasteiger partial charge in [-0.05, 0) is 61.0 Å². The van der Waals surface area contributed by atoms with Crippen molar-refractivity contribution in [2.75, 3.05) is 23.0 Å². The van der Waals surface area contributed by atoms with Crippen molar-refractivity contribution >= 4 is 62.6 Å². The lowest BCUT2D eigenvalue weighted by Gasteiger charge is -2.06. The van der Waals surface area contributed by atoms with Crippen LogP contribution >= 0.6 is 23.1 Å². The zero-order chi connectivity index (χ0) is 23.8. The number of aromatic nitrogens is 1. The quantitative estimate of drug-likeness (QED) is 0.220. The van der Waals surface area contributed by atoms with Crippen LogP contribution in [-0.2, 0) is 9.59 Å². The van der Waals surface area contributed by atoms with E-state index in [0.717, 1.165) is 31.6 Å². The van der Waals surface area contributed by atoms with Gasteiger partial charge >= 0.3 is 0 Å². The molecule has 0 unspecified atom stereocenters. The minimum atomic E-state index is -0.201. The fourth-order valence-electron chi connectivity index (χ4n) is 3.09. The summed E-state index contributed by atoms with van der Waals surface area (Å²) in [6, 6.07) is 22.5. The maximum absolute atomic E-state index is 12.3. The first-order chi connectivity index (χ1) is 16.6. The molecule has 8 heteroatoms. The molecule has 1 aromatic heterocycles. The summed E-state index contributed by atoms with van der Waals surface area (Å²) in [4.78, 5) is 29.1. The smallest absolute Gasteiger partial charge is 0.248 e. The lowest BCUT2D eigenvalue weighted by Crippen LogP contribution is -2.13. The molecule has 0 bridgehead atoms. The molecule has 0 spiro atoms. The Labute approximate surface area is 206 Å². The van der Waals surface area contributed by atoms with Gasteiger partial charge in [0.2, 0.25) is 11.8 Å². The molecule has 0 atom stereocenters. The van der Waals surface area contributed by atoms with Crippen LogP contribution in [0.4, 0.5) is 11.4 Å². The Balaban J connectivity index is 1.31. The van der Waals surface area contributed by atoms with E-state index in [1.165, 1.54) is 29.2 Å². The van der Waals surface area contributed by atoms with Crippen LogP contribution in [-0.4, -0.2) is 29.2 Å². The van der Waals surface area contributed by atoms with E-state index >= 15 is 0 Å². The molecule has 1 heterocycles. The third kappa shape index (κ3) is 6.69. The Hall–Kier alpha value is -3.62. The number of ether oxygens (including phenoxy) is 1. The molecule has 0 aliphatic rings. The summed E-state index contributed by atoms with van der Waals surface area (Å²) in [5, 5.41) is 5.75. The molecule has 4 aromatic rings. The van der Waals surface area contributed by atoms with Crippen molar-refractivity contribution < 1.29 is 14.3 Å². The zero-order valence-corrected chi connectivity index (χ0v) is 20.1. The Kier molecular flexibility index (Phi) is 7.95. The standard InChI is InChI=1S/C26H23N3O3S2/c1-2-32-21-12-9-19(10-13-21)27-25(31)17-33-26-29-22-14-11-20(16-23(22)34-26)28-24(30)15-8-18-6-4-3-5-7-18/h3-16H,2,17H2,1H3,(H,27,31)(H,28,30)/b15-8+. The maximum Gasteiger partial charge on any atom is 0.248 e. The monoisotopic (exact) mass is 489 g/mol. The Bertz CT molecular complexity index is 1300. The number of thioether (sulfide) groups is 1. The van der Waals surface area contributed by atoms with Gasteiger partial charge in [-0.1, -0.05) is 42.1 Å². The van der Waals surface area contributed by atoms with Gasteiger partial charge in [-0.3, -0.25) is 9.59 Å². The van der Waals surface area contributed by atoms with Crippen molar-refractivity contribution in [2.45, 2.75) is 11.3 Å². The minimum absolute atomic E-state index is 0.105. The van der Waals surface area contributed by atoms with Gasteiger partial charge in [0.15, 0.2) is 4.34 Å². The number of thiazole rings is 1. The molecule has 0 saturated heterocycles. The van der Waals surface area contributed by atoms with Crippen LogP contribution < -0.4 is 15.4 Å². The molecule has 0 aliphatic heterocycles. The van der Waals surface area contributed by atoms with Crippen LogP contribution in [0.2, 0.25) is 0 Å². The first-order valence-corrected chi connectivity index (χ1v) is 12.5. The molecule has 2 amide bonds. The van der Waals surface area contributed by atoms with E-state index in [0.29, 0.717) is 12.3 Å². The van der Waals surface area contributed by atoms with Crippen molar-refractivity contribution in [1.82, 2.24) is 4.98 Å². The molecular weight excluding hydrogens is 466 g/mol. The maximum atomic E-state index is 12.3. The summed E-state index contributed by atoms with van der Waals surface area (Å²) >= 11 is 2.87. The third-order valence-electron chi connectivity index (χ3n) is 4.64. The summed E-state index contributed by atoms with van der Waals surface area (Å²) < 4.78 is 7.15. The number of carbonyl (C=O) groups excluding carboxylic acids is 2. The molecule has 0 fully saturated rings. The average Bonchev–Trinajstić information content (AvgIpc) is 3.26. The predicted octanol–water partition coefficient (Wildman–Crippen LogP) is 6.08. The number of anilines is 2. The highest BCUT2D eigenvalue weighted by atomic mass is 32.2. The summed E-state index contributed by atoms with van der Waals surface area (Å²) in [7, 11) is 0. The van der Waals surface area contributed by atoms with E-state index in [1.807, 2.05) is 79.7 Å². The van der Waals surface area contributed by atoms with Crippen molar-refractivity contribution in [3.05, 3.63) is 84.4 Å². The molecule has 34 heavy (non-hydrogen) atoms. The Morgan fingerprint density at radius 3 is 2.53 bits per heavy atom. The number of amides is 2. The summed E-state index contributed by atoms with van der Waals surface area (Å²) in [5.74, 6) is 0.716. The van der Waals surface area contributed by atoms with Gasteiger partial charge in [0.25, 0.3) is 0 Å². The van der Waals surface area contributed by atoms with Crippen molar-refractivity contribution in [3.8, 4) is 5.75 Å². The van der Waals surface area contributed by atoms with E-state index in [2.05, 4.69) is 15.6 Å². The molecule has 0 radical (unpaired) electrons. The van der Waals surface area contributed by atoms with Gasteiger partial charge in [0, 0.05) is 17.5 Å².